The van der Waals surface area contributed by atoms with E-state index in [0.29, 0.717) is 0 Å². The standard InChI is InChI=1S/C48H30N2O/c1-3-14-31(15-4-1)39-30-45-41(35-19-8-10-23-43(35)49(45)32-16-5-2-6-17-32)29-40(39)38-22-13-21-37-34-18-7-11-24-44(34)50(48(37)38)33-26-27-47-42(28-33)36-20-9-12-25-46(36)51-47/h1-30H. The third-order valence-corrected chi connectivity index (χ3v) is 10.5. The predicted molar refractivity (Wildman–Crippen MR) is 213 cm³/mol. The molecule has 8 aromatic carbocycles. The first-order valence-corrected chi connectivity index (χ1v) is 17.4. The lowest BCUT2D eigenvalue weighted by atomic mass is 9.91. The van der Waals surface area contributed by atoms with E-state index in [9.17, 15) is 0 Å². The average Bonchev–Trinajstić information content (AvgIpc) is 3.85. The maximum Gasteiger partial charge on any atom is 0.135 e. The van der Waals surface area contributed by atoms with E-state index in [0.717, 1.165) is 33.3 Å². The van der Waals surface area contributed by atoms with E-state index < -0.39 is 0 Å². The number of para-hydroxylation sites is 5. The number of nitrogens with zero attached hydrogens (tertiary/aromatic N) is 2. The quantitative estimate of drug-likeness (QED) is 0.186. The predicted octanol–water partition coefficient (Wildman–Crippen LogP) is 13.1. The lowest BCUT2D eigenvalue weighted by molar-refractivity contribution is 0.669. The van der Waals surface area contributed by atoms with Crippen LogP contribution < -0.4 is 0 Å². The van der Waals surface area contributed by atoms with Crippen LogP contribution in [0.15, 0.2) is 186 Å². The summed E-state index contributed by atoms with van der Waals surface area (Å²) in [6, 6.07) is 65.6. The molecular weight excluding hydrogens is 621 g/mol. The summed E-state index contributed by atoms with van der Waals surface area (Å²) in [4.78, 5) is 0. The van der Waals surface area contributed by atoms with Gasteiger partial charge in [-0.2, -0.15) is 0 Å². The van der Waals surface area contributed by atoms with Gasteiger partial charge in [0.1, 0.15) is 11.2 Å². The first-order chi connectivity index (χ1) is 25.3. The molecule has 0 radical (unpaired) electrons. The lowest BCUT2D eigenvalue weighted by Gasteiger charge is -2.16. The Balaban J connectivity index is 1.28. The van der Waals surface area contributed by atoms with E-state index in [1.165, 1.54) is 65.9 Å². The lowest BCUT2D eigenvalue weighted by Crippen LogP contribution is -1.97. The third kappa shape index (κ3) is 4.12. The average molecular weight is 651 g/mol. The van der Waals surface area contributed by atoms with Gasteiger partial charge in [0.15, 0.2) is 0 Å². The number of hydrogen-bond acceptors (Lipinski definition) is 1. The molecule has 3 heteroatoms. The van der Waals surface area contributed by atoms with Gasteiger partial charge in [0, 0.05) is 49.3 Å². The summed E-state index contributed by atoms with van der Waals surface area (Å²) >= 11 is 0. The molecule has 0 aliphatic carbocycles. The van der Waals surface area contributed by atoms with E-state index in [4.69, 9.17) is 4.42 Å². The smallest absolute Gasteiger partial charge is 0.135 e. The van der Waals surface area contributed by atoms with Gasteiger partial charge >= 0.3 is 0 Å². The summed E-state index contributed by atoms with van der Waals surface area (Å²) in [5.74, 6) is 0. The molecule has 11 aromatic rings. The zero-order valence-electron chi connectivity index (χ0n) is 27.6. The molecule has 0 atom stereocenters. The number of hydrogen-bond donors (Lipinski definition) is 0. The molecule has 0 saturated carbocycles. The molecule has 51 heavy (non-hydrogen) atoms. The van der Waals surface area contributed by atoms with Crippen molar-refractivity contribution < 1.29 is 4.42 Å². The van der Waals surface area contributed by atoms with Crippen LogP contribution in [0.4, 0.5) is 0 Å². The fourth-order valence-corrected chi connectivity index (χ4v) is 8.31. The molecule has 0 bridgehead atoms. The van der Waals surface area contributed by atoms with Gasteiger partial charge in [-0.15, -0.1) is 0 Å². The van der Waals surface area contributed by atoms with Crippen LogP contribution in [-0.2, 0) is 0 Å². The molecule has 0 amide bonds. The summed E-state index contributed by atoms with van der Waals surface area (Å²) in [5, 5.41) is 7.17. The van der Waals surface area contributed by atoms with Crippen molar-refractivity contribution in [1.82, 2.24) is 9.13 Å². The second-order valence-corrected chi connectivity index (χ2v) is 13.3. The number of furan rings is 1. The van der Waals surface area contributed by atoms with Gasteiger partial charge in [-0.05, 0) is 77.4 Å². The highest BCUT2D eigenvalue weighted by atomic mass is 16.3. The highest BCUT2D eigenvalue weighted by molar-refractivity contribution is 6.18. The second kappa shape index (κ2) is 10.8. The zero-order valence-corrected chi connectivity index (χ0v) is 27.6. The zero-order chi connectivity index (χ0) is 33.5. The van der Waals surface area contributed by atoms with Crippen LogP contribution in [0.3, 0.4) is 0 Å². The molecule has 0 unspecified atom stereocenters. The van der Waals surface area contributed by atoms with Crippen molar-refractivity contribution in [3.8, 4) is 33.6 Å². The molecular formula is C48H30N2O. The van der Waals surface area contributed by atoms with Crippen LogP contribution in [0.1, 0.15) is 0 Å². The molecule has 0 saturated heterocycles. The van der Waals surface area contributed by atoms with Crippen LogP contribution in [0.25, 0.3) is 99.2 Å². The van der Waals surface area contributed by atoms with Crippen LogP contribution in [0, 0.1) is 0 Å². The van der Waals surface area contributed by atoms with Crippen molar-refractivity contribution in [1.29, 1.82) is 0 Å². The van der Waals surface area contributed by atoms with Gasteiger partial charge in [0.05, 0.1) is 22.1 Å². The molecule has 11 rings (SSSR count). The fourth-order valence-electron chi connectivity index (χ4n) is 8.31. The molecule has 0 aliphatic heterocycles. The summed E-state index contributed by atoms with van der Waals surface area (Å²) in [6.45, 7) is 0. The first-order valence-electron chi connectivity index (χ1n) is 17.4. The maximum absolute atomic E-state index is 6.26. The van der Waals surface area contributed by atoms with E-state index in [1.807, 2.05) is 12.1 Å². The van der Waals surface area contributed by atoms with Gasteiger partial charge in [0.25, 0.3) is 0 Å². The Morgan fingerprint density at radius 2 is 0.941 bits per heavy atom. The van der Waals surface area contributed by atoms with Crippen LogP contribution in [0.5, 0.6) is 0 Å². The van der Waals surface area contributed by atoms with Crippen molar-refractivity contribution in [2.24, 2.45) is 0 Å². The minimum absolute atomic E-state index is 0.896. The fraction of sp³-hybridized carbons (Fsp3) is 0. The highest BCUT2D eigenvalue weighted by Gasteiger charge is 2.22. The molecule has 238 valence electrons. The number of fused-ring (bicyclic) bond motifs is 9. The van der Waals surface area contributed by atoms with Crippen LogP contribution >= 0.6 is 0 Å². The van der Waals surface area contributed by atoms with Crippen molar-refractivity contribution in [2.75, 3.05) is 0 Å². The van der Waals surface area contributed by atoms with Gasteiger partial charge in [-0.3, -0.25) is 0 Å². The maximum atomic E-state index is 6.26. The van der Waals surface area contributed by atoms with E-state index in [-0.39, 0.29) is 0 Å². The molecule has 0 N–H and O–H groups in total. The second-order valence-electron chi connectivity index (χ2n) is 13.3. The Bertz CT molecular complexity index is 3130. The number of benzene rings is 8. The van der Waals surface area contributed by atoms with Crippen molar-refractivity contribution in [3.63, 3.8) is 0 Å². The number of aromatic nitrogens is 2. The highest BCUT2D eigenvalue weighted by Crippen LogP contribution is 2.45. The molecule has 0 aliphatic rings. The van der Waals surface area contributed by atoms with Gasteiger partial charge in [-0.25, -0.2) is 0 Å². The van der Waals surface area contributed by atoms with Crippen LogP contribution in [-0.4, -0.2) is 9.13 Å². The summed E-state index contributed by atoms with van der Waals surface area (Å²) in [5.41, 5.74) is 13.6. The molecule has 3 aromatic heterocycles. The van der Waals surface area contributed by atoms with E-state index in [2.05, 4.69) is 179 Å². The normalized spacial score (nSPS) is 11.9. The molecule has 0 fully saturated rings. The Morgan fingerprint density at radius 1 is 0.314 bits per heavy atom. The SMILES string of the molecule is c1ccc(-c2cc3c(cc2-c2cccc4c5ccccc5n(-c5ccc6oc7ccccc7c6c5)c24)c2ccccc2n3-c2ccccc2)cc1. The number of rotatable bonds is 4. The minimum atomic E-state index is 0.896. The van der Waals surface area contributed by atoms with E-state index >= 15 is 0 Å². The summed E-state index contributed by atoms with van der Waals surface area (Å²) in [7, 11) is 0. The summed E-state index contributed by atoms with van der Waals surface area (Å²) < 4.78 is 11.1. The van der Waals surface area contributed by atoms with Crippen LogP contribution in [0.2, 0.25) is 0 Å². The first kappa shape index (κ1) is 28.0. The Labute approximate surface area is 293 Å². The van der Waals surface area contributed by atoms with Crippen molar-refractivity contribution in [2.45, 2.75) is 0 Å². The largest absolute Gasteiger partial charge is 0.456 e. The molecule has 3 heterocycles. The van der Waals surface area contributed by atoms with Gasteiger partial charge in [0.2, 0.25) is 0 Å². The Hall–Kier alpha value is -6.84. The Kier molecular flexibility index (Phi) is 5.96. The van der Waals surface area contributed by atoms with Gasteiger partial charge in [-0.1, -0.05) is 121 Å². The topological polar surface area (TPSA) is 23.0 Å². The monoisotopic (exact) mass is 650 g/mol. The molecule has 3 nitrogen and oxygen atoms in total. The Morgan fingerprint density at radius 3 is 1.75 bits per heavy atom. The van der Waals surface area contributed by atoms with Gasteiger partial charge < -0.3 is 13.6 Å². The summed E-state index contributed by atoms with van der Waals surface area (Å²) in [6.07, 6.45) is 0. The van der Waals surface area contributed by atoms with Crippen molar-refractivity contribution in [3.05, 3.63) is 182 Å². The third-order valence-electron chi connectivity index (χ3n) is 10.5. The molecule has 0 spiro atoms. The minimum Gasteiger partial charge on any atom is -0.456 e. The van der Waals surface area contributed by atoms with E-state index in [1.54, 1.807) is 0 Å². The van der Waals surface area contributed by atoms with Crippen molar-refractivity contribution >= 4 is 65.6 Å².